The van der Waals surface area contributed by atoms with Crippen molar-refractivity contribution < 1.29 is 29.0 Å². The number of likely N-dealkylation sites (tertiary alicyclic amines) is 1. The average molecular weight is 795 g/mol. The van der Waals surface area contributed by atoms with Gasteiger partial charge < -0.3 is 34.9 Å². The minimum absolute atomic E-state index is 0.275. The van der Waals surface area contributed by atoms with Crippen LogP contribution in [-0.2, 0) is 14.3 Å². The Balaban J connectivity index is 1.01. The number of hydrogen-bond donors (Lipinski definition) is 4. The summed E-state index contributed by atoms with van der Waals surface area (Å²) in [7, 11) is 4.35. The van der Waals surface area contributed by atoms with Crippen LogP contribution in [0, 0.1) is 0 Å². The van der Waals surface area contributed by atoms with Crippen molar-refractivity contribution in [3.63, 3.8) is 0 Å². The molecule has 7 rings (SSSR count). The number of likely N-dealkylation sites (N-methyl/N-ethyl adjacent to an activating group) is 2. The number of nitrogens with zero attached hydrogens (tertiary/aromatic N) is 5. The molecule has 14 nitrogen and oxygen atoms in total. The van der Waals surface area contributed by atoms with Crippen molar-refractivity contribution in [2.75, 3.05) is 27.7 Å². The van der Waals surface area contributed by atoms with Gasteiger partial charge in [-0.15, -0.1) is 0 Å². The molecule has 4 atom stereocenters. The largest absolute Gasteiger partial charge is 0.465 e. The SMILES string of the molecule is COC(=O)N[C@@H](C(=O)N(C)[C@@H](C)c1ncc(-c2ccc(-c3ccc(-c4cnc([C@@H]5CCCN5C(=O)C(c5ccccc5)N(C)C(=O)O)[nH]4)cc3)cc2)[nH]1)c1ccccc1. The number of nitrogens with one attached hydrogen (secondary N) is 3. The van der Waals surface area contributed by atoms with E-state index < -0.39 is 30.3 Å². The molecule has 0 aliphatic carbocycles. The molecule has 0 spiro atoms. The molecule has 1 unspecified atom stereocenters. The molecular formula is C45H46N8O6. The van der Waals surface area contributed by atoms with Crippen molar-refractivity contribution in [1.29, 1.82) is 0 Å². The predicted molar refractivity (Wildman–Crippen MR) is 222 cm³/mol. The number of ether oxygens (including phenoxy) is 1. The van der Waals surface area contributed by atoms with Gasteiger partial charge in [-0.3, -0.25) is 14.5 Å². The summed E-state index contributed by atoms with van der Waals surface area (Å²) < 4.78 is 4.78. The van der Waals surface area contributed by atoms with Gasteiger partial charge in [-0.05, 0) is 53.1 Å². The molecule has 302 valence electrons. The van der Waals surface area contributed by atoms with Crippen molar-refractivity contribution in [3.05, 3.63) is 144 Å². The van der Waals surface area contributed by atoms with Gasteiger partial charge in [0.1, 0.15) is 23.7 Å². The predicted octanol–water partition coefficient (Wildman–Crippen LogP) is 7.77. The Morgan fingerprint density at radius 3 is 1.88 bits per heavy atom. The Morgan fingerprint density at radius 2 is 1.31 bits per heavy atom. The summed E-state index contributed by atoms with van der Waals surface area (Å²) in [5, 5.41) is 12.4. The Bertz CT molecular complexity index is 2400. The van der Waals surface area contributed by atoms with Gasteiger partial charge >= 0.3 is 12.2 Å². The van der Waals surface area contributed by atoms with Gasteiger partial charge in [-0.25, -0.2) is 19.6 Å². The van der Waals surface area contributed by atoms with Crippen molar-refractivity contribution in [3.8, 4) is 33.6 Å². The molecule has 14 heteroatoms. The Hall–Kier alpha value is -7.22. The van der Waals surface area contributed by atoms with Crippen LogP contribution in [0.1, 0.15) is 66.7 Å². The van der Waals surface area contributed by atoms with E-state index in [2.05, 4.69) is 25.3 Å². The molecular weight excluding hydrogens is 749 g/mol. The van der Waals surface area contributed by atoms with Crippen LogP contribution < -0.4 is 5.32 Å². The highest BCUT2D eigenvalue weighted by Crippen LogP contribution is 2.36. The number of carbonyl (C=O) groups is 4. The minimum atomic E-state index is -1.18. The van der Waals surface area contributed by atoms with Crippen LogP contribution >= 0.6 is 0 Å². The van der Waals surface area contributed by atoms with E-state index in [0.29, 0.717) is 35.7 Å². The zero-order chi connectivity index (χ0) is 41.6. The summed E-state index contributed by atoms with van der Waals surface area (Å²) in [5.41, 5.74) is 6.77. The molecule has 4 aromatic carbocycles. The molecule has 59 heavy (non-hydrogen) atoms. The number of rotatable bonds is 12. The van der Waals surface area contributed by atoms with E-state index in [1.54, 1.807) is 77.8 Å². The van der Waals surface area contributed by atoms with Crippen molar-refractivity contribution in [2.45, 2.75) is 43.9 Å². The zero-order valence-electron chi connectivity index (χ0n) is 33.2. The van der Waals surface area contributed by atoms with Gasteiger partial charge in [-0.2, -0.15) is 0 Å². The van der Waals surface area contributed by atoms with E-state index >= 15 is 0 Å². The van der Waals surface area contributed by atoms with Crippen LogP contribution in [-0.4, -0.2) is 91.5 Å². The zero-order valence-corrected chi connectivity index (χ0v) is 33.2. The third-order valence-electron chi connectivity index (χ3n) is 11.0. The first kappa shape index (κ1) is 40.0. The van der Waals surface area contributed by atoms with Crippen LogP contribution in [0.4, 0.5) is 9.59 Å². The second kappa shape index (κ2) is 17.5. The molecule has 1 saturated heterocycles. The first-order chi connectivity index (χ1) is 28.5. The van der Waals surface area contributed by atoms with E-state index in [-0.39, 0.29) is 17.9 Å². The highest BCUT2D eigenvalue weighted by Gasteiger charge is 2.39. The lowest BCUT2D eigenvalue weighted by molar-refractivity contribution is -0.137. The number of amides is 4. The van der Waals surface area contributed by atoms with E-state index in [4.69, 9.17) is 4.74 Å². The van der Waals surface area contributed by atoms with Gasteiger partial charge in [0.05, 0.1) is 43.0 Å². The fourth-order valence-electron chi connectivity index (χ4n) is 7.47. The average Bonchev–Trinajstić information content (AvgIpc) is 4.08. The number of aromatic nitrogens is 4. The smallest absolute Gasteiger partial charge is 0.407 e. The van der Waals surface area contributed by atoms with Crippen molar-refractivity contribution in [2.24, 2.45) is 0 Å². The number of hydrogen-bond acceptors (Lipinski definition) is 7. The second-order valence-electron chi connectivity index (χ2n) is 14.5. The van der Waals surface area contributed by atoms with Crippen LogP contribution in [0.25, 0.3) is 33.6 Å². The molecule has 4 N–H and O–H groups in total. The van der Waals surface area contributed by atoms with E-state index in [9.17, 15) is 24.3 Å². The summed E-state index contributed by atoms with van der Waals surface area (Å²) in [4.78, 5) is 72.1. The molecule has 1 aliphatic heterocycles. The number of aromatic amines is 2. The molecule has 2 aromatic heterocycles. The fraction of sp³-hybridized carbons (Fsp3) is 0.244. The lowest BCUT2D eigenvalue weighted by atomic mass is 10.0. The summed E-state index contributed by atoms with van der Waals surface area (Å²) in [6, 6.07) is 31.6. The number of benzene rings is 4. The number of methoxy groups -OCH3 is 1. The number of imidazole rings is 2. The standard InChI is InChI=1S/C45H46N8O6/c1-28(51(2)42(54)38(50-44(56)59-4)33-12-7-5-8-13-33)40-46-26-35(48-40)31-21-17-29(18-22-31)30-19-23-32(24-20-30)36-27-47-41(49-36)37-16-11-25-53(37)43(55)39(52(3)45(57)58)34-14-9-6-10-15-34/h5-10,12-15,17-24,26-28,37-39H,11,16,25H2,1-4H3,(H,46,48)(H,47,49)(H,50,56)(H,57,58)/t28-,37-,38+,39?/m0/s1. The van der Waals surface area contributed by atoms with Crippen LogP contribution in [0.3, 0.4) is 0 Å². The van der Waals surface area contributed by atoms with Crippen LogP contribution in [0.5, 0.6) is 0 Å². The number of carbonyl (C=O) groups excluding carboxylic acids is 3. The van der Waals surface area contributed by atoms with Crippen LogP contribution in [0.15, 0.2) is 122 Å². The molecule has 1 fully saturated rings. The molecule has 6 aromatic rings. The van der Waals surface area contributed by atoms with Gasteiger partial charge in [0.15, 0.2) is 0 Å². The normalized spacial score (nSPS) is 15.2. The van der Waals surface area contributed by atoms with Gasteiger partial charge in [0, 0.05) is 20.6 Å². The maximum atomic E-state index is 13.9. The summed E-state index contributed by atoms with van der Waals surface area (Å²) in [6.45, 7) is 2.38. The highest BCUT2D eigenvalue weighted by atomic mass is 16.5. The molecule has 0 saturated carbocycles. The maximum absolute atomic E-state index is 13.9. The maximum Gasteiger partial charge on any atom is 0.407 e. The summed E-state index contributed by atoms with van der Waals surface area (Å²) in [6.07, 6.45) is 3.13. The van der Waals surface area contributed by atoms with E-state index in [0.717, 1.165) is 45.0 Å². The van der Waals surface area contributed by atoms with Gasteiger partial charge in [0.25, 0.3) is 5.91 Å². The lowest BCUT2D eigenvalue weighted by Gasteiger charge is -2.32. The van der Waals surface area contributed by atoms with Crippen molar-refractivity contribution in [1.82, 2.24) is 40.0 Å². The summed E-state index contributed by atoms with van der Waals surface area (Å²) in [5.74, 6) is 0.666. The Kier molecular flexibility index (Phi) is 11.9. The minimum Gasteiger partial charge on any atom is -0.465 e. The molecule has 3 heterocycles. The molecule has 0 bridgehead atoms. The quantitative estimate of drug-likeness (QED) is 0.0972. The van der Waals surface area contributed by atoms with Crippen LogP contribution in [0.2, 0.25) is 0 Å². The molecule has 0 radical (unpaired) electrons. The molecule has 1 aliphatic rings. The number of alkyl carbamates (subject to hydrolysis) is 1. The molecule has 4 amide bonds. The Morgan fingerprint density at radius 1 is 0.763 bits per heavy atom. The highest BCUT2D eigenvalue weighted by molar-refractivity contribution is 5.88. The number of carboxylic acid groups (broad SMARTS) is 1. The van der Waals surface area contributed by atoms with Gasteiger partial charge in [-0.1, -0.05) is 109 Å². The fourth-order valence-corrected chi connectivity index (χ4v) is 7.47. The monoisotopic (exact) mass is 794 g/mol. The third kappa shape index (κ3) is 8.56. The first-order valence-corrected chi connectivity index (χ1v) is 19.3. The summed E-state index contributed by atoms with van der Waals surface area (Å²) >= 11 is 0. The van der Waals surface area contributed by atoms with E-state index in [1.807, 2.05) is 67.6 Å². The first-order valence-electron chi connectivity index (χ1n) is 19.3. The van der Waals surface area contributed by atoms with E-state index in [1.165, 1.54) is 14.2 Å². The lowest BCUT2D eigenvalue weighted by Crippen LogP contribution is -2.43. The van der Waals surface area contributed by atoms with Gasteiger partial charge in [0.2, 0.25) is 5.91 Å². The second-order valence-corrected chi connectivity index (χ2v) is 14.5. The Labute approximate surface area is 341 Å². The van der Waals surface area contributed by atoms with Crippen molar-refractivity contribution >= 4 is 24.0 Å². The third-order valence-corrected chi connectivity index (χ3v) is 11.0. The topological polar surface area (TPSA) is 177 Å². The number of H-pyrrole nitrogens is 2.